The zero-order chi connectivity index (χ0) is 21.9. The minimum absolute atomic E-state index is 0.224. The van der Waals surface area contributed by atoms with Crippen molar-refractivity contribution in [3.8, 4) is 34.0 Å². The lowest BCUT2D eigenvalue weighted by Crippen LogP contribution is -2.04. The van der Waals surface area contributed by atoms with Gasteiger partial charge in [-0.2, -0.15) is 10.2 Å². The van der Waals surface area contributed by atoms with E-state index in [0.717, 1.165) is 33.6 Å². The molecule has 0 saturated heterocycles. The summed E-state index contributed by atoms with van der Waals surface area (Å²) in [7, 11) is 0. The fraction of sp³-hybridized carbons (Fsp3) is 0.0769. The van der Waals surface area contributed by atoms with Crippen LogP contribution in [0.25, 0.3) is 22.5 Å². The number of aromatic nitrogens is 4. The van der Waals surface area contributed by atoms with Crippen molar-refractivity contribution in [2.24, 2.45) is 0 Å². The van der Waals surface area contributed by atoms with E-state index in [1.54, 1.807) is 24.3 Å². The van der Waals surface area contributed by atoms with Crippen LogP contribution < -0.4 is 0 Å². The average molecular weight is 422 g/mol. The summed E-state index contributed by atoms with van der Waals surface area (Å²) in [6, 6.07) is 26.5. The number of aromatic hydroxyl groups is 2. The van der Waals surface area contributed by atoms with Gasteiger partial charge in [0.25, 0.3) is 0 Å². The molecule has 0 unspecified atom stereocenters. The topological polar surface area (TPSA) is 76.1 Å². The Kier molecular flexibility index (Phi) is 5.17. The van der Waals surface area contributed by atoms with Crippen LogP contribution in [-0.4, -0.2) is 29.8 Å². The van der Waals surface area contributed by atoms with Crippen molar-refractivity contribution in [1.29, 1.82) is 0 Å². The first-order valence-electron chi connectivity index (χ1n) is 10.4. The predicted octanol–water partition coefficient (Wildman–Crippen LogP) is 4.92. The first kappa shape index (κ1) is 19.6. The fourth-order valence-corrected chi connectivity index (χ4v) is 3.77. The molecule has 0 bridgehead atoms. The van der Waals surface area contributed by atoms with Crippen molar-refractivity contribution in [1.82, 2.24) is 19.6 Å². The highest BCUT2D eigenvalue weighted by Gasteiger charge is 2.09. The molecule has 0 aliphatic rings. The Balaban J connectivity index is 1.31. The Hall–Kier alpha value is -4.32. The van der Waals surface area contributed by atoms with Gasteiger partial charge in [0.15, 0.2) is 0 Å². The van der Waals surface area contributed by atoms with Crippen LogP contribution in [0.4, 0.5) is 0 Å². The molecule has 2 N–H and O–H groups in total. The Morgan fingerprint density at radius 1 is 0.562 bits per heavy atom. The highest BCUT2D eigenvalue weighted by molar-refractivity contribution is 5.66. The lowest BCUT2D eigenvalue weighted by Gasteiger charge is -2.07. The zero-order valence-electron chi connectivity index (χ0n) is 17.3. The second-order valence-electron chi connectivity index (χ2n) is 7.65. The summed E-state index contributed by atoms with van der Waals surface area (Å²) in [5.74, 6) is 0.448. The molecule has 0 radical (unpaired) electrons. The molecule has 158 valence electrons. The smallest absolute Gasteiger partial charge is 0.125 e. The van der Waals surface area contributed by atoms with Gasteiger partial charge in [0.05, 0.1) is 24.5 Å². The van der Waals surface area contributed by atoms with Gasteiger partial charge in [-0.15, -0.1) is 0 Å². The molecule has 0 amide bonds. The summed E-state index contributed by atoms with van der Waals surface area (Å²) in [6.45, 7) is 1.26. The highest BCUT2D eigenvalue weighted by atomic mass is 16.3. The standard InChI is InChI=1S/C26H22N4O2/c31-25-10-3-1-8-21(25)23-12-14-29(27-23)17-19-6-5-7-20(16-19)18-30-15-13-24(28-30)22-9-2-4-11-26(22)32/h1-16,31-32H,17-18H2. The molecule has 0 saturated carbocycles. The van der Waals surface area contributed by atoms with E-state index < -0.39 is 0 Å². The van der Waals surface area contributed by atoms with E-state index in [-0.39, 0.29) is 11.5 Å². The van der Waals surface area contributed by atoms with Crippen molar-refractivity contribution >= 4 is 0 Å². The number of hydrogen-bond donors (Lipinski definition) is 2. The number of nitrogens with zero attached hydrogens (tertiary/aromatic N) is 4. The number of phenols is 2. The van der Waals surface area contributed by atoms with E-state index in [2.05, 4.69) is 28.4 Å². The lowest BCUT2D eigenvalue weighted by molar-refractivity contribution is 0.476. The number of rotatable bonds is 6. The quantitative estimate of drug-likeness (QED) is 0.407. The van der Waals surface area contributed by atoms with Crippen molar-refractivity contribution in [2.45, 2.75) is 13.1 Å². The molecule has 0 fully saturated rings. The van der Waals surface area contributed by atoms with E-state index in [1.807, 2.05) is 64.2 Å². The maximum atomic E-state index is 10.1. The van der Waals surface area contributed by atoms with E-state index in [1.165, 1.54) is 0 Å². The average Bonchev–Trinajstić information content (AvgIpc) is 3.45. The van der Waals surface area contributed by atoms with Crippen LogP contribution in [0, 0.1) is 0 Å². The van der Waals surface area contributed by atoms with Crippen molar-refractivity contribution in [2.75, 3.05) is 0 Å². The minimum atomic E-state index is 0.224. The third kappa shape index (κ3) is 4.11. The summed E-state index contributed by atoms with van der Waals surface area (Å²) >= 11 is 0. The number of benzene rings is 3. The summed E-state index contributed by atoms with van der Waals surface area (Å²) in [5.41, 5.74) is 5.18. The monoisotopic (exact) mass is 422 g/mol. The van der Waals surface area contributed by atoms with Crippen LogP contribution in [-0.2, 0) is 13.1 Å². The van der Waals surface area contributed by atoms with Crippen molar-refractivity contribution in [3.63, 3.8) is 0 Å². The van der Waals surface area contributed by atoms with Gasteiger partial charge in [-0.3, -0.25) is 9.36 Å². The van der Waals surface area contributed by atoms with E-state index in [9.17, 15) is 10.2 Å². The third-order valence-corrected chi connectivity index (χ3v) is 5.32. The van der Waals surface area contributed by atoms with Gasteiger partial charge in [0.1, 0.15) is 11.5 Å². The van der Waals surface area contributed by atoms with Crippen LogP contribution >= 0.6 is 0 Å². The van der Waals surface area contributed by atoms with Crippen LogP contribution in [0.2, 0.25) is 0 Å². The maximum absolute atomic E-state index is 10.1. The van der Waals surface area contributed by atoms with Crippen molar-refractivity contribution < 1.29 is 10.2 Å². The largest absolute Gasteiger partial charge is 0.507 e. The molecule has 0 atom stereocenters. The molecule has 6 heteroatoms. The molecule has 0 aliphatic heterocycles. The summed E-state index contributed by atoms with van der Waals surface area (Å²) in [5, 5.41) is 29.3. The van der Waals surface area contributed by atoms with Crippen molar-refractivity contribution in [3.05, 3.63) is 108 Å². The Morgan fingerprint density at radius 3 is 1.50 bits per heavy atom. The second-order valence-corrected chi connectivity index (χ2v) is 7.65. The van der Waals surface area contributed by atoms with Crippen LogP contribution in [0.3, 0.4) is 0 Å². The minimum Gasteiger partial charge on any atom is -0.507 e. The molecule has 32 heavy (non-hydrogen) atoms. The molecule has 2 aromatic heterocycles. The molecule has 6 nitrogen and oxygen atoms in total. The van der Waals surface area contributed by atoms with E-state index in [0.29, 0.717) is 13.1 Å². The summed E-state index contributed by atoms with van der Waals surface area (Å²) in [4.78, 5) is 0. The van der Waals surface area contributed by atoms with Gasteiger partial charge in [0.2, 0.25) is 0 Å². The lowest BCUT2D eigenvalue weighted by atomic mass is 10.1. The Bertz CT molecular complexity index is 1270. The van der Waals surface area contributed by atoms with Gasteiger partial charge in [-0.05, 0) is 47.5 Å². The highest BCUT2D eigenvalue weighted by Crippen LogP contribution is 2.28. The van der Waals surface area contributed by atoms with Crippen LogP contribution in [0.15, 0.2) is 97.3 Å². The molecule has 3 aromatic carbocycles. The molecule has 5 rings (SSSR count). The van der Waals surface area contributed by atoms with Gasteiger partial charge in [-0.25, -0.2) is 0 Å². The SMILES string of the molecule is Oc1ccccc1-c1ccn(Cc2cccc(Cn3ccc(-c4ccccc4O)n3)c2)n1. The summed E-state index contributed by atoms with van der Waals surface area (Å²) in [6.07, 6.45) is 3.83. The Labute approximate surface area is 185 Å². The van der Waals surface area contributed by atoms with Crippen LogP contribution in [0.5, 0.6) is 11.5 Å². The first-order valence-corrected chi connectivity index (χ1v) is 10.4. The summed E-state index contributed by atoms with van der Waals surface area (Å²) < 4.78 is 3.73. The second kappa shape index (κ2) is 8.43. The molecular weight excluding hydrogens is 400 g/mol. The molecule has 2 heterocycles. The molecule has 0 aliphatic carbocycles. The third-order valence-electron chi connectivity index (χ3n) is 5.32. The first-order chi connectivity index (χ1) is 15.7. The number of para-hydroxylation sites is 2. The normalized spacial score (nSPS) is 11.0. The Morgan fingerprint density at radius 2 is 1.03 bits per heavy atom. The van der Waals surface area contributed by atoms with Gasteiger partial charge in [-0.1, -0.05) is 48.5 Å². The van der Waals surface area contributed by atoms with Crippen LogP contribution in [0.1, 0.15) is 11.1 Å². The molecular formula is C26H22N4O2. The van der Waals surface area contributed by atoms with Gasteiger partial charge < -0.3 is 10.2 Å². The number of phenolic OH excluding ortho intramolecular Hbond substituents is 2. The van der Waals surface area contributed by atoms with Gasteiger partial charge >= 0.3 is 0 Å². The molecule has 5 aromatic rings. The maximum Gasteiger partial charge on any atom is 0.125 e. The van der Waals surface area contributed by atoms with E-state index >= 15 is 0 Å². The number of hydrogen-bond acceptors (Lipinski definition) is 4. The van der Waals surface area contributed by atoms with E-state index in [4.69, 9.17) is 0 Å². The predicted molar refractivity (Wildman–Crippen MR) is 123 cm³/mol. The molecule has 0 spiro atoms. The fourth-order valence-electron chi connectivity index (χ4n) is 3.77. The zero-order valence-corrected chi connectivity index (χ0v) is 17.3. The van der Waals surface area contributed by atoms with Gasteiger partial charge in [0, 0.05) is 23.5 Å².